The lowest BCUT2D eigenvalue weighted by Gasteiger charge is -2.30. The van der Waals surface area contributed by atoms with E-state index in [1.165, 1.54) is 12.8 Å². The van der Waals surface area contributed by atoms with Gasteiger partial charge in [0.1, 0.15) is 11.5 Å². The maximum Gasteiger partial charge on any atom is 0.225 e. The van der Waals surface area contributed by atoms with Crippen molar-refractivity contribution in [3.05, 3.63) is 18.2 Å². The van der Waals surface area contributed by atoms with Crippen LogP contribution in [-0.4, -0.2) is 44.7 Å². The molecular weight excluding hydrogens is 316 g/mol. The number of hydrogen-bond donors (Lipinski definition) is 1. The van der Waals surface area contributed by atoms with Gasteiger partial charge in [0.15, 0.2) is 0 Å². The van der Waals surface area contributed by atoms with Crippen molar-refractivity contribution in [2.45, 2.75) is 26.2 Å². The molecule has 1 amide bonds. The van der Waals surface area contributed by atoms with E-state index in [1.807, 2.05) is 6.07 Å². The van der Waals surface area contributed by atoms with Gasteiger partial charge in [0.2, 0.25) is 5.91 Å². The first kappa shape index (κ1) is 19.6. The Morgan fingerprint density at radius 3 is 2.78 bits per heavy atom. The van der Waals surface area contributed by atoms with Crippen molar-refractivity contribution in [2.24, 2.45) is 5.92 Å². The molecule has 1 aliphatic heterocycles. The van der Waals surface area contributed by atoms with Crippen LogP contribution in [0.1, 0.15) is 26.2 Å². The number of carbonyl (C=O) groups excluding carboxylic acids is 1. The minimum atomic E-state index is 0. The predicted octanol–water partition coefficient (Wildman–Crippen LogP) is 3.19. The predicted molar refractivity (Wildman–Crippen MR) is 94.9 cm³/mol. The number of hydrogen-bond acceptors (Lipinski definition) is 4. The minimum Gasteiger partial charge on any atom is -0.497 e. The summed E-state index contributed by atoms with van der Waals surface area (Å²) in [7, 11) is 3.19. The Hall–Kier alpha value is -1.46. The number of nitrogens with zero attached hydrogens (tertiary/aromatic N) is 1. The van der Waals surface area contributed by atoms with Crippen molar-refractivity contribution in [3.8, 4) is 11.5 Å². The maximum atomic E-state index is 12.1. The molecule has 1 aliphatic rings. The molecule has 0 saturated carbocycles. The summed E-state index contributed by atoms with van der Waals surface area (Å²) in [5.41, 5.74) is 0.681. The molecule has 1 heterocycles. The van der Waals surface area contributed by atoms with E-state index >= 15 is 0 Å². The normalized spacial score (nSPS) is 18.0. The van der Waals surface area contributed by atoms with Gasteiger partial charge < -0.3 is 19.7 Å². The summed E-state index contributed by atoms with van der Waals surface area (Å²) in [6.45, 7) is 5.28. The van der Waals surface area contributed by atoms with E-state index in [4.69, 9.17) is 9.47 Å². The average Bonchev–Trinajstić information content (AvgIpc) is 2.53. The maximum absolute atomic E-state index is 12.1. The van der Waals surface area contributed by atoms with Crippen LogP contribution in [0.2, 0.25) is 0 Å². The fourth-order valence-electron chi connectivity index (χ4n) is 2.86. The largest absolute Gasteiger partial charge is 0.497 e. The first-order valence-electron chi connectivity index (χ1n) is 7.86. The molecule has 130 valence electrons. The number of likely N-dealkylation sites (tertiary alicyclic amines) is 1. The molecule has 1 fully saturated rings. The SMILES string of the molecule is COc1ccc(NC(=O)CCN2CCCC(C)C2)c(OC)c1.Cl. The number of nitrogens with one attached hydrogen (secondary N) is 1. The first-order chi connectivity index (χ1) is 10.6. The van der Waals surface area contributed by atoms with Gasteiger partial charge in [0.05, 0.1) is 19.9 Å². The molecule has 5 nitrogen and oxygen atoms in total. The third-order valence-electron chi connectivity index (χ3n) is 4.08. The Labute approximate surface area is 144 Å². The number of amides is 1. The molecule has 0 radical (unpaired) electrons. The molecule has 1 saturated heterocycles. The lowest BCUT2D eigenvalue weighted by molar-refractivity contribution is -0.116. The summed E-state index contributed by atoms with van der Waals surface area (Å²) in [6.07, 6.45) is 3.03. The van der Waals surface area contributed by atoms with Gasteiger partial charge >= 0.3 is 0 Å². The summed E-state index contributed by atoms with van der Waals surface area (Å²) in [5, 5.41) is 2.92. The zero-order chi connectivity index (χ0) is 15.9. The molecule has 1 aromatic rings. The quantitative estimate of drug-likeness (QED) is 0.862. The summed E-state index contributed by atoms with van der Waals surface area (Å²) in [5.74, 6) is 2.07. The van der Waals surface area contributed by atoms with E-state index in [0.29, 0.717) is 23.6 Å². The Kier molecular flexibility index (Phi) is 8.20. The monoisotopic (exact) mass is 342 g/mol. The van der Waals surface area contributed by atoms with E-state index in [1.54, 1.807) is 26.4 Å². The third kappa shape index (κ3) is 5.92. The number of piperidine rings is 1. The second-order valence-corrected chi connectivity index (χ2v) is 5.91. The lowest BCUT2D eigenvalue weighted by Crippen LogP contribution is -2.36. The molecule has 1 unspecified atom stereocenters. The van der Waals surface area contributed by atoms with Gasteiger partial charge in [-0.2, -0.15) is 0 Å². The second kappa shape index (κ2) is 9.63. The van der Waals surface area contributed by atoms with Crippen LogP contribution in [0.15, 0.2) is 18.2 Å². The molecule has 23 heavy (non-hydrogen) atoms. The van der Waals surface area contributed by atoms with E-state index in [2.05, 4.69) is 17.1 Å². The van der Waals surface area contributed by atoms with Crippen LogP contribution < -0.4 is 14.8 Å². The van der Waals surface area contributed by atoms with Gasteiger partial charge in [-0.1, -0.05) is 6.92 Å². The lowest BCUT2D eigenvalue weighted by atomic mass is 10.0. The summed E-state index contributed by atoms with van der Waals surface area (Å²) in [6, 6.07) is 5.38. The summed E-state index contributed by atoms with van der Waals surface area (Å²) < 4.78 is 10.4. The fraction of sp³-hybridized carbons (Fsp3) is 0.588. The molecular formula is C17H27ClN2O3. The number of rotatable bonds is 6. The number of benzene rings is 1. The van der Waals surface area contributed by atoms with Gasteiger partial charge in [-0.25, -0.2) is 0 Å². The molecule has 2 rings (SSSR count). The summed E-state index contributed by atoms with van der Waals surface area (Å²) in [4.78, 5) is 14.5. The van der Waals surface area contributed by atoms with Crippen LogP contribution in [0.4, 0.5) is 5.69 Å². The van der Waals surface area contributed by atoms with Gasteiger partial charge in [-0.3, -0.25) is 4.79 Å². The standard InChI is InChI=1S/C17H26N2O3.ClH/c1-13-5-4-9-19(12-13)10-8-17(20)18-15-7-6-14(21-2)11-16(15)22-3;/h6-7,11,13H,4-5,8-10,12H2,1-3H3,(H,18,20);1H. The molecule has 0 aliphatic carbocycles. The van der Waals surface area contributed by atoms with Gasteiger partial charge in [0, 0.05) is 25.6 Å². The second-order valence-electron chi connectivity index (χ2n) is 5.91. The molecule has 1 atom stereocenters. The smallest absolute Gasteiger partial charge is 0.225 e. The molecule has 6 heteroatoms. The minimum absolute atomic E-state index is 0. The highest BCUT2D eigenvalue weighted by atomic mass is 35.5. The highest BCUT2D eigenvalue weighted by Crippen LogP contribution is 2.29. The molecule has 1 N–H and O–H groups in total. The summed E-state index contributed by atoms with van der Waals surface area (Å²) >= 11 is 0. The van der Waals surface area contributed by atoms with Crippen LogP contribution in [0.5, 0.6) is 11.5 Å². The Bertz CT molecular complexity index is 511. The number of ether oxygens (including phenoxy) is 2. The van der Waals surface area contributed by atoms with E-state index in [9.17, 15) is 4.79 Å². The van der Waals surface area contributed by atoms with Crippen LogP contribution in [0.25, 0.3) is 0 Å². The van der Waals surface area contributed by atoms with Crippen LogP contribution in [-0.2, 0) is 4.79 Å². The average molecular weight is 343 g/mol. The van der Waals surface area contributed by atoms with E-state index < -0.39 is 0 Å². The number of anilines is 1. The topological polar surface area (TPSA) is 50.8 Å². The zero-order valence-electron chi connectivity index (χ0n) is 14.1. The highest BCUT2D eigenvalue weighted by molar-refractivity contribution is 5.92. The third-order valence-corrected chi connectivity index (χ3v) is 4.08. The Morgan fingerprint density at radius 2 is 2.13 bits per heavy atom. The van der Waals surface area contributed by atoms with Crippen molar-refractivity contribution in [1.29, 1.82) is 0 Å². The number of methoxy groups -OCH3 is 2. The highest BCUT2D eigenvalue weighted by Gasteiger charge is 2.17. The fourth-order valence-corrected chi connectivity index (χ4v) is 2.86. The Morgan fingerprint density at radius 1 is 1.35 bits per heavy atom. The van der Waals surface area contributed by atoms with Gasteiger partial charge in [-0.05, 0) is 37.4 Å². The van der Waals surface area contributed by atoms with Gasteiger partial charge in [-0.15, -0.1) is 12.4 Å². The van der Waals surface area contributed by atoms with Crippen molar-refractivity contribution in [2.75, 3.05) is 39.2 Å². The first-order valence-corrected chi connectivity index (χ1v) is 7.86. The van der Waals surface area contributed by atoms with Crippen molar-refractivity contribution in [1.82, 2.24) is 4.90 Å². The number of halogens is 1. The van der Waals surface area contributed by atoms with E-state index in [-0.39, 0.29) is 18.3 Å². The van der Waals surface area contributed by atoms with Crippen LogP contribution >= 0.6 is 12.4 Å². The zero-order valence-corrected chi connectivity index (χ0v) is 14.9. The number of carbonyl (C=O) groups is 1. The van der Waals surface area contributed by atoms with Gasteiger partial charge in [0.25, 0.3) is 0 Å². The molecule has 0 bridgehead atoms. The van der Waals surface area contributed by atoms with Crippen LogP contribution in [0.3, 0.4) is 0 Å². The van der Waals surface area contributed by atoms with Crippen molar-refractivity contribution < 1.29 is 14.3 Å². The van der Waals surface area contributed by atoms with E-state index in [0.717, 1.165) is 25.6 Å². The van der Waals surface area contributed by atoms with Crippen molar-refractivity contribution >= 4 is 24.0 Å². The Balaban J connectivity index is 0.00000264. The molecule has 1 aromatic carbocycles. The molecule has 0 aromatic heterocycles. The van der Waals surface area contributed by atoms with Crippen molar-refractivity contribution in [3.63, 3.8) is 0 Å². The van der Waals surface area contributed by atoms with Crippen LogP contribution in [0, 0.1) is 5.92 Å². The molecule has 0 spiro atoms.